The van der Waals surface area contributed by atoms with Gasteiger partial charge in [-0.25, -0.2) is 0 Å². The number of hydrogen-bond donors (Lipinski definition) is 0. The molecule has 5 heteroatoms. The molecule has 0 bridgehead atoms. The van der Waals surface area contributed by atoms with Gasteiger partial charge in [-0.05, 0) is 0 Å². The van der Waals surface area contributed by atoms with Crippen LogP contribution in [0.15, 0.2) is 12.1 Å². The van der Waals surface area contributed by atoms with Crippen molar-refractivity contribution in [1.29, 1.82) is 0 Å². The fourth-order valence-corrected chi connectivity index (χ4v) is 2.62. The molecule has 0 aromatic carbocycles. The molecule has 0 radical (unpaired) electrons. The van der Waals surface area contributed by atoms with Crippen molar-refractivity contribution in [2.75, 3.05) is 7.11 Å². The van der Waals surface area contributed by atoms with E-state index in [-0.39, 0.29) is 0 Å². The van der Waals surface area contributed by atoms with E-state index in [2.05, 4.69) is 9.97 Å². The second-order valence-corrected chi connectivity index (χ2v) is 5.26. The maximum absolute atomic E-state index is 5.00. The summed E-state index contributed by atoms with van der Waals surface area (Å²) in [6.45, 7) is 0. The Morgan fingerprint density at radius 1 is 1.42 bits per heavy atom. The molecular formula is C7H7AsN2OS. The Bertz CT molecular complexity index is 415. The van der Waals surface area contributed by atoms with Gasteiger partial charge in [-0.3, -0.25) is 0 Å². The number of aromatic nitrogens is 2. The van der Waals surface area contributed by atoms with Gasteiger partial charge in [0.2, 0.25) is 0 Å². The van der Waals surface area contributed by atoms with E-state index < -0.39 is 0 Å². The Labute approximate surface area is 82.3 Å². The van der Waals surface area contributed by atoms with Crippen LogP contribution >= 0.6 is 11.3 Å². The first-order valence-corrected chi connectivity index (χ1v) is 5.39. The Morgan fingerprint density at radius 2 is 2.25 bits per heavy atom. The van der Waals surface area contributed by atoms with Crippen LogP contribution in [-0.4, -0.2) is 33.9 Å². The number of nitrogens with zero attached hydrogens (tertiary/aromatic N) is 2. The summed E-state index contributed by atoms with van der Waals surface area (Å²) < 4.78 is 6.10. The third kappa shape index (κ3) is 1.32. The van der Waals surface area contributed by atoms with Crippen LogP contribution in [0.1, 0.15) is 0 Å². The summed E-state index contributed by atoms with van der Waals surface area (Å²) >= 11 is 3.14. The van der Waals surface area contributed by atoms with Crippen molar-refractivity contribution in [3.05, 3.63) is 12.1 Å². The topological polar surface area (TPSA) is 35.0 Å². The van der Waals surface area contributed by atoms with Crippen LogP contribution in [0, 0.1) is 0 Å². The Morgan fingerprint density at radius 3 is 3.00 bits per heavy atom. The first-order chi connectivity index (χ1) is 5.79. The third-order valence-electron chi connectivity index (χ3n) is 1.46. The third-order valence-corrected chi connectivity index (χ3v) is 3.26. The van der Waals surface area contributed by atoms with Crippen molar-refractivity contribution in [3.8, 4) is 5.88 Å². The quantitative estimate of drug-likeness (QED) is 0.658. The molecule has 0 spiro atoms. The summed E-state index contributed by atoms with van der Waals surface area (Å²) in [7, 11) is 1.62. The van der Waals surface area contributed by atoms with Crippen molar-refractivity contribution >= 4 is 42.3 Å². The van der Waals surface area contributed by atoms with Crippen LogP contribution in [0.4, 0.5) is 0 Å². The zero-order chi connectivity index (χ0) is 8.55. The maximum atomic E-state index is 5.00. The fraction of sp³-hybridized carbons (Fsp3) is 0.143. The second-order valence-electron chi connectivity index (χ2n) is 2.23. The van der Waals surface area contributed by atoms with E-state index in [0.717, 1.165) is 14.1 Å². The van der Waals surface area contributed by atoms with Crippen molar-refractivity contribution in [2.24, 2.45) is 0 Å². The van der Waals surface area contributed by atoms with Gasteiger partial charge >= 0.3 is 82.2 Å². The van der Waals surface area contributed by atoms with E-state index >= 15 is 0 Å². The van der Waals surface area contributed by atoms with Gasteiger partial charge in [0.15, 0.2) is 0 Å². The van der Waals surface area contributed by atoms with Gasteiger partial charge in [0.05, 0.1) is 0 Å². The summed E-state index contributed by atoms with van der Waals surface area (Å²) in [5, 5.41) is 0. The van der Waals surface area contributed by atoms with Crippen molar-refractivity contribution in [3.63, 3.8) is 0 Å². The van der Waals surface area contributed by atoms with E-state index in [0.29, 0.717) is 5.88 Å². The van der Waals surface area contributed by atoms with Crippen molar-refractivity contribution in [1.82, 2.24) is 9.97 Å². The molecule has 0 saturated carbocycles. The number of pyridine rings is 1. The number of rotatable bonds is 1. The standard InChI is InChI=1S/C7H7AsN2OS/c1-11-5-3-2-4-6(10-5)12-7(8)9-4/h2-3H,8H2,1H3. The average Bonchev–Trinajstić information content (AvgIpc) is 2.43. The molecule has 1 atom stereocenters. The van der Waals surface area contributed by atoms with Crippen LogP contribution in [0.25, 0.3) is 10.3 Å². The summed E-state index contributed by atoms with van der Waals surface area (Å²) in [6, 6.07) is 3.76. The van der Waals surface area contributed by atoms with Gasteiger partial charge in [0, 0.05) is 0 Å². The molecule has 2 aromatic heterocycles. The monoisotopic (exact) mass is 242 g/mol. The van der Waals surface area contributed by atoms with E-state index in [1.807, 2.05) is 12.1 Å². The summed E-state index contributed by atoms with van der Waals surface area (Å²) in [6.07, 6.45) is 0. The van der Waals surface area contributed by atoms with Gasteiger partial charge in [0.25, 0.3) is 0 Å². The number of ether oxygens (including phenoxy) is 1. The van der Waals surface area contributed by atoms with Gasteiger partial charge in [-0.2, -0.15) is 0 Å². The fourth-order valence-electron chi connectivity index (χ4n) is 0.931. The molecule has 1 unspecified atom stereocenters. The molecule has 0 amide bonds. The van der Waals surface area contributed by atoms with Crippen molar-refractivity contribution < 1.29 is 4.74 Å². The second kappa shape index (κ2) is 3.03. The van der Waals surface area contributed by atoms with E-state index in [4.69, 9.17) is 4.74 Å². The number of hydrogen-bond acceptors (Lipinski definition) is 4. The SMILES string of the molecule is COc1ccc2nc([AsH2])sc2n1. The first kappa shape index (κ1) is 8.02. The number of thiazole rings is 1. The van der Waals surface area contributed by atoms with E-state index in [9.17, 15) is 0 Å². The molecule has 0 N–H and O–H groups in total. The van der Waals surface area contributed by atoms with Crippen LogP contribution < -0.4 is 8.53 Å². The summed E-state index contributed by atoms with van der Waals surface area (Å²) in [5.41, 5.74) is 0.958. The molecule has 0 fully saturated rings. The molecule has 0 aliphatic rings. The molecule has 3 nitrogen and oxygen atoms in total. The van der Waals surface area contributed by atoms with Crippen LogP contribution in [0.3, 0.4) is 0 Å². The number of fused-ring (bicyclic) bond motifs is 1. The van der Waals surface area contributed by atoms with Gasteiger partial charge in [-0.1, -0.05) is 0 Å². The minimum atomic E-state index is 0.652. The number of methoxy groups -OCH3 is 1. The molecule has 0 saturated heterocycles. The predicted octanol–water partition coefficient (Wildman–Crippen LogP) is -0.0417. The van der Waals surface area contributed by atoms with Crippen molar-refractivity contribution in [2.45, 2.75) is 0 Å². The molecular weight excluding hydrogens is 235 g/mol. The average molecular weight is 242 g/mol. The molecule has 0 aliphatic heterocycles. The van der Waals surface area contributed by atoms with Crippen LogP contribution in [-0.2, 0) is 0 Å². The summed E-state index contributed by atoms with van der Waals surface area (Å²) in [4.78, 5) is 9.53. The van der Waals surface area contributed by atoms with Gasteiger partial charge in [0.1, 0.15) is 0 Å². The Kier molecular flexibility index (Phi) is 2.03. The van der Waals surface area contributed by atoms with E-state index in [1.165, 1.54) is 16.9 Å². The molecule has 2 rings (SSSR count). The Balaban J connectivity index is 2.66. The Hall–Kier alpha value is -0.602. The molecule has 12 heavy (non-hydrogen) atoms. The zero-order valence-corrected chi connectivity index (χ0v) is 9.68. The van der Waals surface area contributed by atoms with Gasteiger partial charge in [-0.15, -0.1) is 0 Å². The normalized spacial score (nSPS) is 10.5. The predicted molar refractivity (Wildman–Crippen MR) is 52.1 cm³/mol. The summed E-state index contributed by atoms with van der Waals surface area (Å²) in [5.74, 6) is 0.652. The van der Waals surface area contributed by atoms with Gasteiger partial charge < -0.3 is 0 Å². The zero-order valence-electron chi connectivity index (χ0n) is 6.44. The molecule has 2 heterocycles. The van der Waals surface area contributed by atoms with Crippen LogP contribution in [0.5, 0.6) is 5.88 Å². The molecule has 2 aromatic rings. The van der Waals surface area contributed by atoms with E-state index in [1.54, 1.807) is 18.4 Å². The molecule has 0 aliphatic carbocycles. The minimum absolute atomic E-state index is 0.652. The van der Waals surface area contributed by atoms with Crippen LogP contribution in [0.2, 0.25) is 0 Å². The first-order valence-electron chi connectivity index (χ1n) is 3.36. The molecule has 62 valence electrons.